The van der Waals surface area contributed by atoms with Gasteiger partial charge in [-0.25, -0.2) is 8.78 Å². The van der Waals surface area contributed by atoms with Gasteiger partial charge in [-0.2, -0.15) is 0 Å². The summed E-state index contributed by atoms with van der Waals surface area (Å²) in [5.74, 6) is -0.755. The second kappa shape index (κ2) is 4.71. The largest absolute Gasteiger partial charge is 0.484 e. The summed E-state index contributed by atoms with van der Waals surface area (Å²) in [4.78, 5) is 12.1. The molecule has 1 atom stereocenters. The van der Waals surface area contributed by atoms with Gasteiger partial charge in [-0.15, -0.1) is 0 Å². The molecule has 4 heteroatoms. The van der Waals surface area contributed by atoms with E-state index in [2.05, 4.69) is 0 Å². The van der Waals surface area contributed by atoms with Gasteiger partial charge in [0.1, 0.15) is 23.5 Å². The summed E-state index contributed by atoms with van der Waals surface area (Å²) in [6.45, 7) is 1.82. The molecule has 0 aromatic heterocycles. The minimum absolute atomic E-state index is 0.125. The maximum absolute atomic E-state index is 13.4. The van der Waals surface area contributed by atoms with Crippen molar-refractivity contribution in [3.63, 3.8) is 0 Å². The number of benzene rings is 2. The Kier molecular flexibility index (Phi) is 3.01. The zero-order chi connectivity index (χ0) is 14.3. The van der Waals surface area contributed by atoms with Gasteiger partial charge < -0.3 is 4.74 Å². The summed E-state index contributed by atoms with van der Waals surface area (Å²) in [5.41, 5.74) is 1.83. The van der Waals surface area contributed by atoms with Crippen molar-refractivity contribution in [3.8, 4) is 5.75 Å². The highest BCUT2D eigenvalue weighted by Gasteiger charge is 2.29. The molecule has 0 saturated heterocycles. The third-order valence-corrected chi connectivity index (χ3v) is 3.47. The third-order valence-electron chi connectivity index (χ3n) is 3.47. The lowest BCUT2D eigenvalue weighted by molar-refractivity contribution is 0.0848. The van der Waals surface area contributed by atoms with E-state index in [1.54, 1.807) is 6.07 Å². The predicted octanol–water partition coefficient (Wildman–Crippen LogP) is 3.98. The molecular formula is C16H12F2O2. The van der Waals surface area contributed by atoms with Crippen LogP contribution in [-0.4, -0.2) is 5.78 Å². The van der Waals surface area contributed by atoms with Crippen LogP contribution < -0.4 is 4.74 Å². The van der Waals surface area contributed by atoms with Gasteiger partial charge in [-0.05, 0) is 42.3 Å². The van der Waals surface area contributed by atoms with Crippen molar-refractivity contribution in [3.05, 3.63) is 64.7 Å². The lowest BCUT2D eigenvalue weighted by Crippen LogP contribution is -2.21. The quantitative estimate of drug-likeness (QED) is 0.786. The first-order valence-electron chi connectivity index (χ1n) is 6.30. The highest BCUT2D eigenvalue weighted by Crippen LogP contribution is 2.36. The molecule has 0 amide bonds. The summed E-state index contributed by atoms with van der Waals surface area (Å²) >= 11 is 0. The van der Waals surface area contributed by atoms with Crippen LogP contribution in [0.1, 0.15) is 34.0 Å². The van der Waals surface area contributed by atoms with Crippen LogP contribution in [0.3, 0.4) is 0 Å². The van der Waals surface area contributed by atoms with Crippen LogP contribution >= 0.6 is 0 Å². The third kappa shape index (κ3) is 2.18. The standard InChI is InChI=1S/C16H12F2O2/c1-9-2-3-10(17)6-13(9)16-8-14(19)12-5-4-11(18)7-15(12)20-16/h2-7,16H,8H2,1H3. The second-order valence-corrected chi connectivity index (χ2v) is 4.88. The predicted molar refractivity (Wildman–Crippen MR) is 69.9 cm³/mol. The Morgan fingerprint density at radius 1 is 1.10 bits per heavy atom. The van der Waals surface area contributed by atoms with E-state index in [0.29, 0.717) is 11.1 Å². The molecule has 2 aromatic carbocycles. The van der Waals surface area contributed by atoms with Crippen LogP contribution in [0.5, 0.6) is 5.75 Å². The molecule has 0 N–H and O–H groups in total. The molecule has 0 fully saturated rings. The fraction of sp³-hybridized carbons (Fsp3) is 0.188. The lowest BCUT2D eigenvalue weighted by Gasteiger charge is -2.26. The molecule has 3 rings (SSSR count). The van der Waals surface area contributed by atoms with E-state index >= 15 is 0 Å². The van der Waals surface area contributed by atoms with Crippen molar-refractivity contribution in [1.82, 2.24) is 0 Å². The summed E-state index contributed by atoms with van der Waals surface area (Å²) in [6.07, 6.45) is -0.448. The number of hydrogen-bond acceptors (Lipinski definition) is 2. The van der Waals surface area contributed by atoms with Crippen LogP contribution in [0.15, 0.2) is 36.4 Å². The Morgan fingerprint density at radius 2 is 1.80 bits per heavy atom. The van der Waals surface area contributed by atoms with E-state index in [1.807, 2.05) is 6.92 Å². The summed E-state index contributed by atoms with van der Waals surface area (Å²) in [7, 11) is 0. The second-order valence-electron chi connectivity index (χ2n) is 4.88. The molecule has 1 aliphatic rings. The molecule has 0 radical (unpaired) electrons. The van der Waals surface area contributed by atoms with Crippen molar-refractivity contribution in [2.75, 3.05) is 0 Å². The monoisotopic (exact) mass is 274 g/mol. The van der Waals surface area contributed by atoms with E-state index in [0.717, 1.165) is 5.56 Å². The number of carbonyl (C=O) groups is 1. The SMILES string of the molecule is Cc1ccc(F)cc1C1CC(=O)c2ccc(F)cc2O1. The van der Waals surface area contributed by atoms with Crippen molar-refractivity contribution in [2.45, 2.75) is 19.4 Å². The molecule has 0 bridgehead atoms. The summed E-state index contributed by atoms with van der Waals surface area (Å²) in [5, 5.41) is 0. The molecular weight excluding hydrogens is 262 g/mol. The van der Waals surface area contributed by atoms with Crippen LogP contribution in [-0.2, 0) is 0 Å². The topological polar surface area (TPSA) is 26.3 Å². The molecule has 1 aliphatic heterocycles. The fourth-order valence-corrected chi connectivity index (χ4v) is 2.43. The highest BCUT2D eigenvalue weighted by molar-refractivity contribution is 6.00. The van der Waals surface area contributed by atoms with Gasteiger partial charge in [-0.3, -0.25) is 4.79 Å². The average molecular weight is 274 g/mol. The number of Topliss-reactive ketones (excluding diaryl/α,β-unsaturated/α-hetero) is 1. The van der Waals surface area contributed by atoms with Crippen LogP contribution in [0.4, 0.5) is 8.78 Å². The van der Waals surface area contributed by atoms with Gasteiger partial charge >= 0.3 is 0 Å². The van der Waals surface area contributed by atoms with Gasteiger partial charge in [0.05, 0.1) is 12.0 Å². The molecule has 2 aromatic rings. The zero-order valence-corrected chi connectivity index (χ0v) is 10.8. The van der Waals surface area contributed by atoms with Gasteiger partial charge in [0.25, 0.3) is 0 Å². The number of halogens is 2. The van der Waals surface area contributed by atoms with Gasteiger partial charge in [0.15, 0.2) is 5.78 Å². The molecule has 2 nitrogen and oxygen atoms in total. The first-order chi connectivity index (χ1) is 9.54. The summed E-state index contributed by atoms with van der Waals surface area (Å²) in [6, 6.07) is 8.19. The van der Waals surface area contributed by atoms with Crippen LogP contribution in [0.2, 0.25) is 0 Å². The maximum atomic E-state index is 13.4. The Balaban J connectivity index is 2.02. The van der Waals surface area contributed by atoms with E-state index in [1.165, 1.54) is 30.3 Å². The van der Waals surface area contributed by atoms with Crippen molar-refractivity contribution in [1.29, 1.82) is 0 Å². The number of carbonyl (C=O) groups excluding carboxylic acids is 1. The van der Waals surface area contributed by atoms with E-state index in [-0.39, 0.29) is 23.8 Å². The van der Waals surface area contributed by atoms with Crippen molar-refractivity contribution < 1.29 is 18.3 Å². The average Bonchev–Trinajstić information content (AvgIpc) is 2.41. The lowest BCUT2D eigenvalue weighted by atomic mass is 9.94. The number of ketones is 1. The van der Waals surface area contributed by atoms with Crippen LogP contribution in [0, 0.1) is 18.6 Å². The Bertz CT molecular complexity index is 695. The number of rotatable bonds is 1. The number of hydrogen-bond donors (Lipinski definition) is 0. The van der Waals surface area contributed by atoms with Gasteiger partial charge in [-0.1, -0.05) is 6.07 Å². The maximum Gasteiger partial charge on any atom is 0.170 e. The first kappa shape index (κ1) is 12.8. The van der Waals surface area contributed by atoms with Crippen LogP contribution in [0.25, 0.3) is 0 Å². The number of aryl methyl sites for hydroxylation is 1. The molecule has 0 spiro atoms. The highest BCUT2D eigenvalue weighted by atomic mass is 19.1. The van der Waals surface area contributed by atoms with Gasteiger partial charge in [0.2, 0.25) is 0 Å². The Hall–Kier alpha value is -2.23. The van der Waals surface area contributed by atoms with Crippen molar-refractivity contribution >= 4 is 5.78 Å². The summed E-state index contributed by atoms with van der Waals surface area (Å²) < 4.78 is 32.3. The smallest absolute Gasteiger partial charge is 0.170 e. The molecule has 0 aliphatic carbocycles. The normalized spacial score (nSPS) is 17.6. The Morgan fingerprint density at radius 3 is 2.60 bits per heavy atom. The minimum Gasteiger partial charge on any atom is -0.484 e. The molecule has 102 valence electrons. The first-order valence-corrected chi connectivity index (χ1v) is 6.30. The van der Waals surface area contributed by atoms with E-state index < -0.39 is 11.9 Å². The van der Waals surface area contributed by atoms with E-state index in [9.17, 15) is 13.6 Å². The minimum atomic E-state index is -0.576. The number of ether oxygens (including phenoxy) is 1. The molecule has 0 saturated carbocycles. The number of fused-ring (bicyclic) bond motifs is 1. The molecule has 20 heavy (non-hydrogen) atoms. The Labute approximate surface area is 115 Å². The zero-order valence-electron chi connectivity index (χ0n) is 10.8. The van der Waals surface area contributed by atoms with Gasteiger partial charge in [0, 0.05) is 6.07 Å². The molecule has 1 unspecified atom stereocenters. The molecule has 1 heterocycles. The van der Waals surface area contributed by atoms with E-state index in [4.69, 9.17) is 4.74 Å². The van der Waals surface area contributed by atoms with Crippen molar-refractivity contribution in [2.24, 2.45) is 0 Å². The fourth-order valence-electron chi connectivity index (χ4n) is 2.43.